The normalized spacial score (nSPS) is 12.2. The summed E-state index contributed by atoms with van der Waals surface area (Å²) in [4.78, 5) is 20.4. The molecule has 0 rings (SSSR count). The smallest absolute Gasteiger partial charge is 0.327 e. The number of carboxylic acid groups (broad SMARTS) is 1. The van der Waals surface area contributed by atoms with E-state index in [1.54, 1.807) is 0 Å². The van der Waals surface area contributed by atoms with E-state index in [9.17, 15) is 9.59 Å². The Labute approximate surface area is 64.0 Å². The minimum atomic E-state index is -1.10. The van der Waals surface area contributed by atoms with Crippen molar-refractivity contribution < 1.29 is 14.7 Å². The summed E-state index contributed by atoms with van der Waals surface area (Å²) in [5.74, 6) is -1.65. The largest absolute Gasteiger partial charge is 0.480 e. The van der Waals surface area contributed by atoms with Crippen molar-refractivity contribution in [1.29, 1.82) is 0 Å². The predicted molar refractivity (Wildman–Crippen MR) is 38.8 cm³/mol. The summed E-state index contributed by atoms with van der Waals surface area (Å²) in [5, 5.41) is 10.4. The molecule has 0 saturated heterocycles. The highest BCUT2D eigenvalue weighted by molar-refractivity contribution is 7.80. The van der Waals surface area contributed by atoms with E-state index >= 15 is 0 Å². The van der Waals surface area contributed by atoms with Crippen molar-refractivity contribution in [2.45, 2.75) is 6.04 Å². The van der Waals surface area contributed by atoms with Gasteiger partial charge in [0.05, 0.1) is 0 Å². The fourth-order valence-corrected chi connectivity index (χ4v) is 0.627. The Morgan fingerprint density at radius 3 is 2.30 bits per heavy atom. The number of hydrogen-bond acceptors (Lipinski definition) is 3. The molecule has 10 heavy (non-hydrogen) atoms. The van der Waals surface area contributed by atoms with E-state index in [1.807, 2.05) is 0 Å². The highest BCUT2D eigenvalue weighted by Gasteiger charge is 2.15. The molecule has 2 N–H and O–H groups in total. The molecule has 0 bridgehead atoms. The van der Waals surface area contributed by atoms with E-state index < -0.39 is 17.9 Å². The van der Waals surface area contributed by atoms with E-state index in [-0.39, 0.29) is 5.75 Å². The molecule has 0 aromatic rings. The number of nitrogens with one attached hydrogen (secondary N) is 1. The van der Waals surface area contributed by atoms with E-state index in [0.717, 1.165) is 0 Å². The number of carboxylic acids is 1. The molecular weight excluding hydrogens is 154 g/mol. The highest BCUT2D eigenvalue weighted by atomic mass is 32.1. The van der Waals surface area contributed by atoms with Crippen molar-refractivity contribution in [1.82, 2.24) is 5.32 Å². The molecule has 0 aromatic heterocycles. The zero-order valence-electron chi connectivity index (χ0n) is 5.20. The van der Waals surface area contributed by atoms with Crippen LogP contribution >= 0.6 is 12.6 Å². The number of carbonyl (C=O) groups is 2. The van der Waals surface area contributed by atoms with Gasteiger partial charge in [-0.2, -0.15) is 12.6 Å². The van der Waals surface area contributed by atoms with E-state index in [2.05, 4.69) is 24.9 Å². The first-order valence-corrected chi connectivity index (χ1v) is 3.17. The Morgan fingerprint density at radius 1 is 1.70 bits per heavy atom. The molecule has 0 aliphatic heterocycles. The maximum atomic E-state index is 10.2. The molecule has 1 radical (unpaired) electrons. The molecule has 0 heterocycles. The first-order chi connectivity index (χ1) is 4.57. The van der Waals surface area contributed by atoms with Gasteiger partial charge in [-0.1, -0.05) is 0 Å². The number of thiol groups is 1. The van der Waals surface area contributed by atoms with Crippen LogP contribution in [0.3, 0.4) is 0 Å². The molecule has 0 saturated carbocycles. The fraction of sp³-hybridized carbons (Fsp3) is 0.400. The lowest BCUT2D eigenvalue weighted by Crippen LogP contribution is -2.40. The third-order valence-electron chi connectivity index (χ3n) is 0.816. The molecule has 5 heteroatoms. The fourth-order valence-electron chi connectivity index (χ4n) is 0.380. The summed E-state index contributed by atoms with van der Waals surface area (Å²) in [5.41, 5.74) is 0. The van der Waals surface area contributed by atoms with Gasteiger partial charge in [-0.15, -0.1) is 0 Å². The average molecular weight is 162 g/mol. The first-order valence-electron chi connectivity index (χ1n) is 2.54. The molecule has 0 aromatic carbocycles. The molecule has 0 aliphatic rings. The van der Waals surface area contributed by atoms with Crippen LogP contribution in [0.4, 0.5) is 0 Å². The Morgan fingerprint density at radius 2 is 2.20 bits per heavy atom. The molecule has 1 unspecified atom stereocenters. The summed E-state index contributed by atoms with van der Waals surface area (Å²) in [6.45, 7) is 2.96. The summed E-state index contributed by atoms with van der Waals surface area (Å²) in [6, 6.07) is -0.937. The minimum absolute atomic E-state index is 0.0661. The van der Waals surface area contributed by atoms with Crippen molar-refractivity contribution >= 4 is 24.5 Å². The number of rotatable bonds is 3. The number of aliphatic carboxylic acids is 1. The van der Waals surface area contributed by atoms with Gasteiger partial charge in [-0.25, -0.2) is 4.79 Å². The second kappa shape index (κ2) is 4.16. The van der Waals surface area contributed by atoms with Crippen LogP contribution in [0.15, 0.2) is 0 Å². The van der Waals surface area contributed by atoms with Gasteiger partial charge < -0.3 is 10.4 Å². The molecular formula is C5H8NO3S. The number of hydrogen-bond donors (Lipinski definition) is 3. The van der Waals surface area contributed by atoms with Crippen LogP contribution in [0.5, 0.6) is 0 Å². The molecule has 57 valence electrons. The van der Waals surface area contributed by atoms with Crippen LogP contribution in [-0.2, 0) is 9.59 Å². The summed E-state index contributed by atoms with van der Waals surface area (Å²) in [6.07, 6.45) is 0. The van der Waals surface area contributed by atoms with Gasteiger partial charge in [0, 0.05) is 12.7 Å². The SMILES string of the molecule is [CH2]C(=O)NC(CS)C(=O)O. The minimum Gasteiger partial charge on any atom is -0.480 e. The second-order valence-corrected chi connectivity index (χ2v) is 2.01. The summed E-state index contributed by atoms with van der Waals surface area (Å²) >= 11 is 3.71. The van der Waals surface area contributed by atoms with Gasteiger partial charge in [0.1, 0.15) is 6.04 Å². The van der Waals surface area contributed by atoms with Gasteiger partial charge in [-0.3, -0.25) is 4.79 Å². The first kappa shape index (κ1) is 9.29. The van der Waals surface area contributed by atoms with Crippen LogP contribution in [-0.4, -0.2) is 28.8 Å². The predicted octanol–water partition coefficient (Wildman–Crippen LogP) is -0.680. The van der Waals surface area contributed by atoms with Gasteiger partial charge in [0.25, 0.3) is 0 Å². The molecule has 4 nitrogen and oxygen atoms in total. The monoisotopic (exact) mass is 162 g/mol. The van der Waals surface area contributed by atoms with Crippen LogP contribution in [0.25, 0.3) is 0 Å². The Kier molecular flexibility index (Phi) is 3.87. The van der Waals surface area contributed by atoms with E-state index in [1.165, 1.54) is 0 Å². The Bertz CT molecular complexity index is 148. The molecule has 1 amide bonds. The third-order valence-corrected chi connectivity index (χ3v) is 1.18. The number of carbonyl (C=O) groups excluding carboxylic acids is 1. The Hall–Kier alpha value is -0.710. The molecule has 0 aliphatic carbocycles. The molecule has 1 atom stereocenters. The lowest BCUT2D eigenvalue weighted by molar-refractivity contribution is -0.140. The maximum Gasteiger partial charge on any atom is 0.327 e. The lowest BCUT2D eigenvalue weighted by atomic mass is 10.3. The van der Waals surface area contributed by atoms with Crippen molar-refractivity contribution in [3.63, 3.8) is 0 Å². The summed E-state index contributed by atoms with van der Waals surface area (Å²) in [7, 11) is 0. The maximum absolute atomic E-state index is 10.2. The van der Waals surface area contributed by atoms with Gasteiger partial charge in [0.2, 0.25) is 5.91 Å². The summed E-state index contributed by atoms with van der Waals surface area (Å²) < 4.78 is 0. The van der Waals surface area contributed by atoms with Crippen molar-refractivity contribution in [2.75, 3.05) is 5.75 Å². The third kappa shape index (κ3) is 3.34. The van der Waals surface area contributed by atoms with Crippen LogP contribution in [0.1, 0.15) is 0 Å². The Balaban J connectivity index is 3.83. The zero-order valence-corrected chi connectivity index (χ0v) is 6.10. The van der Waals surface area contributed by atoms with Crippen LogP contribution in [0.2, 0.25) is 0 Å². The van der Waals surface area contributed by atoms with Crippen LogP contribution < -0.4 is 5.32 Å². The van der Waals surface area contributed by atoms with Crippen molar-refractivity contribution in [2.24, 2.45) is 0 Å². The molecule has 0 spiro atoms. The van der Waals surface area contributed by atoms with Gasteiger partial charge in [0.15, 0.2) is 0 Å². The van der Waals surface area contributed by atoms with E-state index in [4.69, 9.17) is 5.11 Å². The number of amides is 1. The van der Waals surface area contributed by atoms with Gasteiger partial charge in [-0.05, 0) is 0 Å². The van der Waals surface area contributed by atoms with Gasteiger partial charge >= 0.3 is 5.97 Å². The van der Waals surface area contributed by atoms with Crippen LogP contribution in [0, 0.1) is 6.92 Å². The van der Waals surface area contributed by atoms with Crippen molar-refractivity contribution in [3.05, 3.63) is 6.92 Å². The van der Waals surface area contributed by atoms with E-state index in [0.29, 0.717) is 0 Å². The highest BCUT2D eigenvalue weighted by Crippen LogP contribution is 1.86. The quantitative estimate of drug-likeness (QED) is 0.482. The zero-order chi connectivity index (χ0) is 8.15. The molecule has 0 fully saturated rings. The topological polar surface area (TPSA) is 66.4 Å². The average Bonchev–Trinajstić information content (AvgIpc) is 1.81. The van der Waals surface area contributed by atoms with Crippen molar-refractivity contribution in [3.8, 4) is 0 Å². The lowest BCUT2D eigenvalue weighted by Gasteiger charge is -2.08. The second-order valence-electron chi connectivity index (χ2n) is 1.64. The standard InChI is InChI=1S/C5H8NO3S/c1-3(7)6-4(2-10)5(8)9/h4,10H,1-2H2,(H,6,7)(H,8,9).